The van der Waals surface area contributed by atoms with Crippen LogP contribution in [0.5, 0.6) is 11.5 Å². The average Bonchev–Trinajstić information content (AvgIpc) is 4.02. The molecule has 1 aliphatic heterocycles. The maximum Gasteiger partial charge on any atom is 0.310 e. The fourth-order valence-corrected chi connectivity index (χ4v) is 7.25. The van der Waals surface area contributed by atoms with Gasteiger partial charge in [-0.05, 0) is 102 Å². The van der Waals surface area contributed by atoms with Crippen molar-refractivity contribution in [2.45, 2.75) is 63.5 Å². The molecule has 2 fully saturated rings. The molecule has 7 rings (SSSR count). The molecule has 0 atom stereocenters. The number of benzene rings is 4. The number of nitrogens with one attached hydrogen (secondary N) is 1. The quantitative estimate of drug-likeness (QED) is 0.128. The van der Waals surface area contributed by atoms with E-state index in [-0.39, 0.29) is 29.6 Å². The first-order valence-corrected chi connectivity index (χ1v) is 18.7. The molecule has 4 aromatic rings. The van der Waals surface area contributed by atoms with Crippen LogP contribution in [-0.4, -0.2) is 39.2 Å². The topological polar surface area (TPSA) is 102 Å². The molecule has 0 radical (unpaired) electrons. The van der Waals surface area contributed by atoms with Crippen molar-refractivity contribution in [1.29, 1.82) is 0 Å². The van der Waals surface area contributed by atoms with E-state index in [4.69, 9.17) is 9.47 Å². The molecule has 2 aliphatic carbocycles. The summed E-state index contributed by atoms with van der Waals surface area (Å²) in [6, 6.07) is 24.8. The summed E-state index contributed by atoms with van der Waals surface area (Å²) in [5.74, 6) is 1.34. The first-order valence-electron chi connectivity index (χ1n) is 16.9. The van der Waals surface area contributed by atoms with Gasteiger partial charge in [-0.2, -0.15) is 0 Å². The van der Waals surface area contributed by atoms with Gasteiger partial charge in [0.05, 0.1) is 23.7 Å². The molecule has 48 heavy (non-hydrogen) atoms. The van der Waals surface area contributed by atoms with E-state index in [1.54, 1.807) is 56.3 Å². The Morgan fingerprint density at radius 1 is 0.875 bits per heavy atom. The molecule has 1 heterocycles. The van der Waals surface area contributed by atoms with Gasteiger partial charge in [-0.25, -0.2) is 8.42 Å². The summed E-state index contributed by atoms with van der Waals surface area (Å²) >= 11 is 0. The highest BCUT2D eigenvalue weighted by molar-refractivity contribution is 7.90. The summed E-state index contributed by atoms with van der Waals surface area (Å²) in [6.45, 7) is 4.55. The van der Waals surface area contributed by atoms with Crippen LogP contribution in [0, 0.1) is 0 Å². The first kappa shape index (κ1) is 31.9. The highest BCUT2D eigenvalue weighted by atomic mass is 32.2. The van der Waals surface area contributed by atoms with Gasteiger partial charge in [0.25, 0.3) is 5.91 Å². The minimum absolute atomic E-state index is 0.0162. The summed E-state index contributed by atoms with van der Waals surface area (Å²) in [6.07, 6.45) is 5.20. The zero-order valence-corrected chi connectivity index (χ0v) is 28.1. The van der Waals surface area contributed by atoms with E-state index in [1.165, 1.54) is 42.5 Å². The third-order valence-electron chi connectivity index (χ3n) is 9.34. The van der Waals surface area contributed by atoms with Gasteiger partial charge >= 0.3 is 5.97 Å². The third kappa shape index (κ3) is 6.97. The SMILES string of the molecule is CCC(=O)Oc1ccc(-c2ccccc2CS(=O)(=O)CC)c(NC(=O)c2ccc3c(c2)OCCN3c2cc(C3CC3)cc(C3CC3)c2)c1. The highest BCUT2D eigenvalue weighted by Crippen LogP contribution is 2.48. The van der Waals surface area contributed by atoms with E-state index in [2.05, 4.69) is 28.4 Å². The van der Waals surface area contributed by atoms with Crippen molar-refractivity contribution in [2.24, 2.45) is 0 Å². The summed E-state index contributed by atoms with van der Waals surface area (Å²) < 4.78 is 36.8. The van der Waals surface area contributed by atoms with Crippen molar-refractivity contribution in [2.75, 3.05) is 29.1 Å². The molecule has 2 saturated carbocycles. The molecule has 0 unspecified atom stereocenters. The Bertz CT molecular complexity index is 1970. The Morgan fingerprint density at radius 2 is 1.60 bits per heavy atom. The summed E-state index contributed by atoms with van der Waals surface area (Å²) in [7, 11) is -3.32. The normalized spacial score (nSPS) is 15.8. The molecule has 0 aromatic heterocycles. The van der Waals surface area contributed by atoms with E-state index < -0.39 is 15.8 Å². The number of rotatable bonds is 11. The van der Waals surface area contributed by atoms with Gasteiger partial charge in [-0.1, -0.05) is 44.2 Å². The number of fused-ring (bicyclic) bond motifs is 1. The summed E-state index contributed by atoms with van der Waals surface area (Å²) in [5, 5.41) is 3.02. The molecule has 9 heteroatoms. The lowest BCUT2D eigenvalue weighted by atomic mass is 9.98. The molecule has 4 aromatic carbocycles. The molecule has 248 valence electrons. The molecule has 1 amide bonds. The number of anilines is 3. The second-order valence-electron chi connectivity index (χ2n) is 12.9. The van der Waals surface area contributed by atoms with Crippen molar-refractivity contribution in [3.63, 3.8) is 0 Å². The lowest BCUT2D eigenvalue weighted by Gasteiger charge is -2.32. The van der Waals surface area contributed by atoms with Crippen LogP contribution in [-0.2, 0) is 20.4 Å². The van der Waals surface area contributed by atoms with Crippen LogP contribution in [0.3, 0.4) is 0 Å². The van der Waals surface area contributed by atoms with E-state index in [0.29, 0.717) is 52.1 Å². The number of amides is 1. The van der Waals surface area contributed by atoms with Crippen molar-refractivity contribution in [1.82, 2.24) is 0 Å². The van der Waals surface area contributed by atoms with Crippen molar-refractivity contribution in [3.8, 4) is 22.6 Å². The zero-order valence-electron chi connectivity index (χ0n) is 27.3. The Labute approximate surface area is 282 Å². The third-order valence-corrected chi connectivity index (χ3v) is 11.0. The van der Waals surface area contributed by atoms with E-state index in [9.17, 15) is 18.0 Å². The predicted octanol–water partition coefficient (Wildman–Crippen LogP) is 8.14. The zero-order chi connectivity index (χ0) is 33.4. The predicted molar refractivity (Wildman–Crippen MR) is 188 cm³/mol. The number of hydrogen-bond donors (Lipinski definition) is 1. The molecular formula is C39H40N2O6S. The molecule has 1 N–H and O–H groups in total. The number of nitrogens with zero attached hydrogens (tertiary/aromatic N) is 1. The van der Waals surface area contributed by atoms with Crippen LogP contribution in [0.4, 0.5) is 17.1 Å². The van der Waals surface area contributed by atoms with Crippen LogP contribution in [0.1, 0.15) is 84.8 Å². The second-order valence-corrected chi connectivity index (χ2v) is 15.3. The highest BCUT2D eigenvalue weighted by Gasteiger charge is 2.30. The Balaban J connectivity index is 1.20. The van der Waals surface area contributed by atoms with Gasteiger partial charge in [-0.15, -0.1) is 0 Å². The molecule has 3 aliphatic rings. The van der Waals surface area contributed by atoms with Gasteiger partial charge in [0, 0.05) is 35.1 Å². The van der Waals surface area contributed by atoms with Crippen LogP contribution < -0.4 is 19.7 Å². The van der Waals surface area contributed by atoms with Crippen molar-refractivity contribution in [3.05, 3.63) is 101 Å². The molecule has 0 bridgehead atoms. The fraction of sp³-hybridized carbons (Fsp3) is 0.333. The number of sulfone groups is 1. The molecular weight excluding hydrogens is 625 g/mol. The average molecular weight is 665 g/mol. The fourth-order valence-electron chi connectivity index (χ4n) is 6.32. The number of carbonyl (C=O) groups excluding carboxylic acids is 2. The van der Waals surface area contributed by atoms with Gasteiger partial charge in [-0.3, -0.25) is 9.59 Å². The number of hydrogen-bond acceptors (Lipinski definition) is 7. The van der Waals surface area contributed by atoms with E-state index >= 15 is 0 Å². The minimum atomic E-state index is -3.32. The number of ether oxygens (including phenoxy) is 2. The van der Waals surface area contributed by atoms with Crippen LogP contribution in [0.15, 0.2) is 78.9 Å². The Morgan fingerprint density at radius 3 is 2.29 bits per heavy atom. The maximum absolute atomic E-state index is 13.9. The minimum Gasteiger partial charge on any atom is -0.490 e. The van der Waals surface area contributed by atoms with Crippen molar-refractivity contribution >= 4 is 38.8 Å². The van der Waals surface area contributed by atoms with Gasteiger partial charge in [0.15, 0.2) is 9.84 Å². The van der Waals surface area contributed by atoms with Crippen LogP contribution in [0.2, 0.25) is 0 Å². The lowest BCUT2D eigenvalue weighted by Crippen LogP contribution is -2.29. The Hall–Kier alpha value is -4.63. The smallest absolute Gasteiger partial charge is 0.310 e. The van der Waals surface area contributed by atoms with Crippen molar-refractivity contribution < 1.29 is 27.5 Å². The standard InChI is InChI=1S/C39H40N2O6S/c1-3-38(42)47-32-14-15-34(33-8-6-5-7-28(33)24-48(44,45)4-2)35(23-32)40-39(43)27-13-16-36-37(22-27)46-18-17-41(36)31-20-29(25-9-10-25)19-30(21-31)26-11-12-26/h5-8,13-16,19-23,25-26H,3-4,9-12,17-18,24H2,1-2H3,(H,40,43). The van der Waals surface area contributed by atoms with E-state index in [0.717, 1.165) is 12.2 Å². The first-order chi connectivity index (χ1) is 23.2. The second kappa shape index (κ2) is 13.1. The summed E-state index contributed by atoms with van der Waals surface area (Å²) in [5.41, 5.74) is 7.65. The molecule has 0 saturated heterocycles. The molecule has 0 spiro atoms. The largest absolute Gasteiger partial charge is 0.490 e. The molecule has 8 nitrogen and oxygen atoms in total. The van der Waals surface area contributed by atoms with E-state index in [1.807, 2.05) is 18.2 Å². The van der Waals surface area contributed by atoms with Gasteiger partial charge in [0.1, 0.15) is 18.1 Å². The monoisotopic (exact) mass is 664 g/mol. The van der Waals surface area contributed by atoms with Crippen LogP contribution in [0.25, 0.3) is 11.1 Å². The van der Waals surface area contributed by atoms with Crippen LogP contribution >= 0.6 is 0 Å². The number of carbonyl (C=O) groups is 2. The lowest BCUT2D eigenvalue weighted by molar-refractivity contribution is -0.134. The number of esters is 1. The van der Waals surface area contributed by atoms with Gasteiger partial charge < -0.3 is 19.7 Å². The summed E-state index contributed by atoms with van der Waals surface area (Å²) in [4.78, 5) is 28.3. The maximum atomic E-state index is 13.9. The van der Waals surface area contributed by atoms with Gasteiger partial charge in [0.2, 0.25) is 0 Å². The Kier molecular flexibility index (Phi) is 8.73.